The van der Waals surface area contributed by atoms with Crippen molar-refractivity contribution in [1.82, 2.24) is 11.5 Å². The van der Waals surface area contributed by atoms with E-state index in [-0.39, 0.29) is 24.4 Å². The van der Waals surface area contributed by atoms with Gasteiger partial charge in [0.2, 0.25) is 0 Å². The van der Waals surface area contributed by atoms with Crippen LogP contribution in [-0.2, 0) is 19.2 Å². The highest BCUT2D eigenvalue weighted by Crippen LogP contribution is 1.84. The van der Waals surface area contributed by atoms with Crippen LogP contribution in [-0.4, -0.2) is 28.9 Å². The monoisotopic (exact) mass is 232 g/mol. The Hall–Kier alpha value is -2.22. The van der Waals surface area contributed by atoms with Crippen LogP contribution in [0.4, 0.5) is 0 Å². The third kappa shape index (κ3) is 9.86. The van der Waals surface area contributed by atoms with Crippen molar-refractivity contribution in [1.29, 1.82) is 0 Å². The molecule has 0 unspecified atom stereocenters. The summed E-state index contributed by atoms with van der Waals surface area (Å²) < 4.78 is 0. The van der Waals surface area contributed by atoms with Gasteiger partial charge in [-0.15, -0.1) is 0 Å². The largest absolute Gasteiger partial charge is 0.550 e. The average Bonchev–Trinajstić information content (AvgIpc) is 2.47. The molecule has 6 N–H and O–H groups in total. The van der Waals surface area contributed by atoms with Crippen molar-refractivity contribution in [3.05, 3.63) is 12.2 Å². The molecule has 0 saturated heterocycles. The molecule has 0 aromatic rings. The van der Waals surface area contributed by atoms with Crippen molar-refractivity contribution < 1.29 is 29.4 Å². The SMILES string of the molecule is O=C([O-])CCC(=O)O.O=C1C=CC(=O)N1.[NH4+]. The maximum Gasteiger partial charge on any atom is 0.303 e. The molecule has 8 heteroatoms. The Balaban J connectivity index is 0. The van der Waals surface area contributed by atoms with Gasteiger partial charge < -0.3 is 21.2 Å². The molecule has 0 aromatic heterocycles. The predicted molar refractivity (Wildman–Crippen MR) is 50.2 cm³/mol. The van der Waals surface area contributed by atoms with Crippen LogP contribution in [0.15, 0.2) is 12.2 Å². The zero-order valence-corrected chi connectivity index (χ0v) is 8.56. The summed E-state index contributed by atoms with van der Waals surface area (Å²) in [6.45, 7) is 0. The molecule has 90 valence electrons. The van der Waals surface area contributed by atoms with Crippen molar-refractivity contribution in [3.63, 3.8) is 0 Å². The molecule has 0 aromatic carbocycles. The number of quaternary nitrogens is 1. The Bertz CT molecular complexity index is 292. The first kappa shape index (κ1) is 16.2. The summed E-state index contributed by atoms with van der Waals surface area (Å²) in [5.41, 5.74) is 0. The van der Waals surface area contributed by atoms with Crippen LogP contribution < -0.4 is 16.6 Å². The van der Waals surface area contributed by atoms with Gasteiger partial charge in [0.1, 0.15) is 0 Å². The number of carbonyl (C=O) groups excluding carboxylic acids is 3. The molecule has 1 rings (SSSR count). The van der Waals surface area contributed by atoms with E-state index < -0.39 is 18.4 Å². The number of carboxylic acids is 2. The van der Waals surface area contributed by atoms with Crippen LogP contribution in [0.25, 0.3) is 0 Å². The molecule has 0 saturated carbocycles. The number of carboxylic acid groups (broad SMARTS) is 2. The van der Waals surface area contributed by atoms with Crippen LogP contribution >= 0.6 is 0 Å². The molecule has 1 heterocycles. The third-order valence-corrected chi connectivity index (χ3v) is 1.18. The Morgan fingerprint density at radius 1 is 1.19 bits per heavy atom. The third-order valence-electron chi connectivity index (χ3n) is 1.18. The maximum atomic E-state index is 10.0. The van der Waals surface area contributed by atoms with Gasteiger partial charge in [0.15, 0.2) is 0 Å². The Morgan fingerprint density at radius 3 is 1.75 bits per heavy atom. The Morgan fingerprint density at radius 2 is 1.62 bits per heavy atom. The minimum atomic E-state index is -1.33. The van der Waals surface area contributed by atoms with E-state index in [1.165, 1.54) is 12.2 Å². The zero-order chi connectivity index (χ0) is 11.8. The Labute approximate surface area is 90.5 Å². The van der Waals surface area contributed by atoms with Gasteiger partial charge >= 0.3 is 5.97 Å². The lowest BCUT2D eigenvalue weighted by Gasteiger charge is -1.94. The fraction of sp³-hybridized carbons (Fsp3) is 0.250. The second-order valence-electron chi connectivity index (χ2n) is 2.45. The fourth-order valence-corrected chi connectivity index (χ4v) is 0.565. The lowest BCUT2D eigenvalue weighted by atomic mass is 10.3. The number of aliphatic carboxylic acids is 2. The highest BCUT2D eigenvalue weighted by molar-refractivity contribution is 6.12. The fourth-order valence-electron chi connectivity index (χ4n) is 0.565. The van der Waals surface area contributed by atoms with E-state index in [0.29, 0.717) is 0 Å². The second kappa shape index (κ2) is 8.12. The lowest BCUT2D eigenvalue weighted by molar-refractivity contribution is -0.305. The van der Waals surface area contributed by atoms with Gasteiger partial charge in [0.25, 0.3) is 11.8 Å². The van der Waals surface area contributed by atoms with E-state index in [2.05, 4.69) is 0 Å². The predicted octanol–water partition coefficient (Wildman–Crippen LogP) is -1.82. The number of nitrogens with one attached hydrogen (secondary N) is 1. The minimum Gasteiger partial charge on any atom is -0.550 e. The molecular weight excluding hydrogens is 220 g/mol. The number of rotatable bonds is 3. The van der Waals surface area contributed by atoms with Crippen LogP contribution in [0.3, 0.4) is 0 Å². The summed E-state index contributed by atoms with van der Waals surface area (Å²) in [6, 6.07) is 0. The van der Waals surface area contributed by atoms with Crippen molar-refractivity contribution in [2.75, 3.05) is 0 Å². The number of carbonyl (C=O) groups is 4. The van der Waals surface area contributed by atoms with Crippen LogP contribution in [0, 0.1) is 0 Å². The molecule has 0 bridgehead atoms. The number of hydrogen-bond acceptors (Lipinski definition) is 5. The summed E-state index contributed by atoms with van der Waals surface area (Å²) in [6.07, 6.45) is 1.63. The van der Waals surface area contributed by atoms with Crippen molar-refractivity contribution in [2.24, 2.45) is 0 Å². The van der Waals surface area contributed by atoms with E-state index in [1.807, 2.05) is 5.32 Å². The lowest BCUT2D eigenvalue weighted by Crippen LogP contribution is -2.22. The van der Waals surface area contributed by atoms with E-state index in [4.69, 9.17) is 5.11 Å². The van der Waals surface area contributed by atoms with Crippen LogP contribution in [0.5, 0.6) is 0 Å². The van der Waals surface area contributed by atoms with Gasteiger partial charge in [0.05, 0.1) is 6.42 Å². The van der Waals surface area contributed by atoms with Gasteiger partial charge in [-0.2, -0.15) is 0 Å². The Kier molecular flexibility index (Phi) is 8.23. The highest BCUT2D eigenvalue weighted by atomic mass is 16.4. The topological polar surface area (TPSA) is 160 Å². The molecule has 0 radical (unpaired) electrons. The van der Waals surface area contributed by atoms with Gasteiger partial charge in [-0.3, -0.25) is 19.7 Å². The summed E-state index contributed by atoms with van der Waals surface area (Å²) in [4.78, 5) is 39.2. The molecule has 0 fully saturated rings. The maximum absolute atomic E-state index is 10.0. The number of imide groups is 1. The van der Waals surface area contributed by atoms with Gasteiger partial charge in [-0.1, -0.05) is 0 Å². The standard InChI is InChI=1S/C4H3NO2.C4H6O4.H3N/c6-3-1-2-4(7)5-3;5-3(6)1-2-4(7)8;/h1-2H,(H,5,6,7);1-2H2,(H,5,6)(H,7,8);1H3. The number of amides is 2. The molecule has 8 nitrogen and oxygen atoms in total. The highest BCUT2D eigenvalue weighted by Gasteiger charge is 2.06. The minimum absolute atomic E-state index is 0. The molecule has 16 heavy (non-hydrogen) atoms. The molecular formula is C8H12N2O6. The summed E-state index contributed by atoms with van der Waals surface area (Å²) >= 11 is 0. The van der Waals surface area contributed by atoms with Crippen molar-refractivity contribution in [3.8, 4) is 0 Å². The van der Waals surface area contributed by atoms with Gasteiger partial charge in [-0.25, -0.2) is 0 Å². The molecule has 1 aliphatic heterocycles. The van der Waals surface area contributed by atoms with E-state index >= 15 is 0 Å². The number of hydrogen-bond donors (Lipinski definition) is 3. The zero-order valence-electron chi connectivity index (χ0n) is 8.56. The molecule has 0 spiro atoms. The van der Waals surface area contributed by atoms with E-state index in [0.717, 1.165) is 0 Å². The first-order valence-electron chi connectivity index (χ1n) is 3.86. The van der Waals surface area contributed by atoms with Crippen molar-refractivity contribution >= 4 is 23.8 Å². The first-order valence-corrected chi connectivity index (χ1v) is 3.86. The summed E-state index contributed by atoms with van der Waals surface area (Å²) in [5, 5.41) is 19.4. The van der Waals surface area contributed by atoms with E-state index in [1.54, 1.807) is 0 Å². The van der Waals surface area contributed by atoms with Gasteiger partial charge in [0, 0.05) is 18.1 Å². The average molecular weight is 232 g/mol. The second-order valence-corrected chi connectivity index (χ2v) is 2.45. The van der Waals surface area contributed by atoms with E-state index in [9.17, 15) is 24.3 Å². The normalized spacial score (nSPS) is 12.0. The molecule has 1 aliphatic rings. The smallest absolute Gasteiger partial charge is 0.303 e. The summed E-state index contributed by atoms with van der Waals surface area (Å²) in [5.74, 6) is -3.10. The molecule has 0 atom stereocenters. The quantitative estimate of drug-likeness (QED) is 0.485. The first-order chi connectivity index (χ1) is 6.91. The van der Waals surface area contributed by atoms with Gasteiger partial charge in [-0.05, 0) is 6.42 Å². The van der Waals surface area contributed by atoms with Crippen LogP contribution in [0.1, 0.15) is 12.8 Å². The summed E-state index contributed by atoms with van der Waals surface area (Å²) in [7, 11) is 0. The van der Waals surface area contributed by atoms with Crippen LogP contribution in [0.2, 0.25) is 0 Å². The van der Waals surface area contributed by atoms with Crippen molar-refractivity contribution in [2.45, 2.75) is 12.8 Å². The molecule has 2 amide bonds. The molecule has 0 aliphatic carbocycles.